The molecule has 4 nitrogen and oxygen atoms in total. The summed E-state index contributed by atoms with van der Waals surface area (Å²) in [6, 6.07) is 17.8. The Bertz CT molecular complexity index is 799. The third-order valence-corrected chi connectivity index (χ3v) is 5.39. The highest BCUT2D eigenvalue weighted by Crippen LogP contribution is 2.22. The number of hydrogen-bond donors (Lipinski definition) is 1. The number of hydrogen-bond acceptors (Lipinski definition) is 2. The average Bonchev–Trinajstić information content (AvgIpc) is 2.68. The summed E-state index contributed by atoms with van der Waals surface area (Å²) in [5.41, 5.74) is 3.03. The van der Waals surface area contributed by atoms with Gasteiger partial charge in [-0.25, -0.2) is 0 Å². The molecule has 4 heteroatoms. The summed E-state index contributed by atoms with van der Waals surface area (Å²) >= 11 is 0. The molecule has 0 saturated carbocycles. The standard InChI is InChI=1S/C24H30N2O2/c1-24(2,3)20-11-9-19(10-12-20)23(28)25-21-13-15-26(16-14-21)22(27)17-18-7-5-4-6-8-18/h4-12,21H,13-17H2,1-3H3,(H,25,28). The van der Waals surface area contributed by atoms with Gasteiger partial charge in [-0.3, -0.25) is 9.59 Å². The van der Waals surface area contributed by atoms with Gasteiger partial charge in [0.2, 0.25) is 5.91 Å². The number of likely N-dealkylation sites (tertiary alicyclic amines) is 1. The van der Waals surface area contributed by atoms with Gasteiger partial charge in [0.05, 0.1) is 6.42 Å². The van der Waals surface area contributed by atoms with E-state index in [0.29, 0.717) is 25.1 Å². The fourth-order valence-electron chi connectivity index (χ4n) is 3.55. The highest BCUT2D eigenvalue weighted by atomic mass is 16.2. The van der Waals surface area contributed by atoms with Crippen LogP contribution in [0.5, 0.6) is 0 Å². The number of amides is 2. The van der Waals surface area contributed by atoms with Crippen molar-refractivity contribution in [1.82, 2.24) is 10.2 Å². The first-order valence-electron chi connectivity index (χ1n) is 10.1. The van der Waals surface area contributed by atoms with E-state index in [0.717, 1.165) is 18.4 Å². The number of rotatable bonds is 4. The molecule has 1 aliphatic heterocycles. The lowest BCUT2D eigenvalue weighted by atomic mass is 9.86. The van der Waals surface area contributed by atoms with Gasteiger partial charge in [-0.05, 0) is 41.5 Å². The Hall–Kier alpha value is -2.62. The quantitative estimate of drug-likeness (QED) is 0.876. The maximum Gasteiger partial charge on any atom is 0.251 e. The van der Waals surface area contributed by atoms with E-state index in [-0.39, 0.29) is 23.3 Å². The van der Waals surface area contributed by atoms with Crippen LogP contribution in [-0.4, -0.2) is 35.8 Å². The fourth-order valence-corrected chi connectivity index (χ4v) is 3.55. The van der Waals surface area contributed by atoms with E-state index in [1.165, 1.54) is 5.56 Å². The molecule has 148 valence electrons. The molecule has 0 spiro atoms. The van der Waals surface area contributed by atoms with Crippen LogP contribution in [0.2, 0.25) is 0 Å². The summed E-state index contributed by atoms with van der Waals surface area (Å²) < 4.78 is 0. The van der Waals surface area contributed by atoms with Crippen LogP contribution in [0.1, 0.15) is 55.1 Å². The van der Waals surface area contributed by atoms with Crippen molar-refractivity contribution in [2.45, 2.75) is 51.5 Å². The second kappa shape index (κ2) is 8.59. The summed E-state index contributed by atoms with van der Waals surface area (Å²) in [7, 11) is 0. The predicted octanol–water partition coefficient (Wildman–Crippen LogP) is 3.95. The van der Waals surface area contributed by atoms with Crippen molar-refractivity contribution in [3.63, 3.8) is 0 Å². The number of piperidine rings is 1. The molecule has 3 rings (SSSR count). The van der Waals surface area contributed by atoms with Gasteiger partial charge < -0.3 is 10.2 Å². The maximum atomic E-state index is 12.5. The zero-order chi connectivity index (χ0) is 20.1. The van der Waals surface area contributed by atoms with Gasteiger partial charge >= 0.3 is 0 Å². The molecule has 0 aliphatic carbocycles. The molecule has 2 aromatic rings. The first-order chi connectivity index (χ1) is 13.3. The SMILES string of the molecule is CC(C)(C)c1ccc(C(=O)NC2CCN(C(=O)Cc3ccccc3)CC2)cc1. The Morgan fingerprint density at radius 3 is 2.14 bits per heavy atom. The van der Waals surface area contributed by atoms with Crippen LogP contribution in [0.3, 0.4) is 0 Å². The molecule has 2 amide bonds. The average molecular weight is 379 g/mol. The number of carbonyl (C=O) groups excluding carboxylic acids is 2. The molecule has 2 aromatic carbocycles. The van der Waals surface area contributed by atoms with Gasteiger partial charge in [0.15, 0.2) is 0 Å². The van der Waals surface area contributed by atoms with E-state index in [2.05, 4.69) is 26.1 Å². The van der Waals surface area contributed by atoms with Crippen molar-refractivity contribution in [2.24, 2.45) is 0 Å². The zero-order valence-corrected chi connectivity index (χ0v) is 17.1. The monoisotopic (exact) mass is 378 g/mol. The van der Waals surface area contributed by atoms with E-state index in [1.807, 2.05) is 59.5 Å². The van der Waals surface area contributed by atoms with E-state index < -0.39 is 0 Å². The lowest BCUT2D eigenvalue weighted by Crippen LogP contribution is -2.47. The Morgan fingerprint density at radius 1 is 0.964 bits per heavy atom. The van der Waals surface area contributed by atoms with Crippen LogP contribution in [-0.2, 0) is 16.6 Å². The predicted molar refractivity (Wildman–Crippen MR) is 112 cm³/mol. The first-order valence-corrected chi connectivity index (χ1v) is 10.1. The van der Waals surface area contributed by atoms with Gasteiger partial charge in [0.25, 0.3) is 5.91 Å². The van der Waals surface area contributed by atoms with Crippen molar-refractivity contribution in [2.75, 3.05) is 13.1 Å². The molecule has 1 N–H and O–H groups in total. The van der Waals surface area contributed by atoms with Crippen molar-refractivity contribution >= 4 is 11.8 Å². The van der Waals surface area contributed by atoms with Crippen LogP contribution in [0.25, 0.3) is 0 Å². The molecule has 1 aliphatic rings. The summed E-state index contributed by atoms with van der Waals surface area (Å²) in [6.45, 7) is 7.87. The number of benzene rings is 2. The molecular weight excluding hydrogens is 348 g/mol. The van der Waals surface area contributed by atoms with Gasteiger partial charge in [0, 0.05) is 24.7 Å². The maximum absolute atomic E-state index is 12.5. The highest BCUT2D eigenvalue weighted by Gasteiger charge is 2.24. The Balaban J connectivity index is 1.48. The zero-order valence-electron chi connectivity index (χ0n) is 17.1. The number of nitrogens with one attached hydrogen (secondary N) is 1. The molecule has 0 unspecified atom stereocenters. The Morgan fingerprint density at radius 2 is 1.57 bits per heavy atom. The van der Waals surface area contributed by atoms with Gasteiger partial charge in [-0.2, -0.15) is 0 Å². The van der Waals surface area contributed by atoms with E-state index in [4.69, 9.17) is 0 Å². The minimum absolute atomic E-state index is 0.0329. The van der Waals surface area contributed by atoms with Gasteiger partial charge in [-0.1, -0.05) is 63.2 Å². The Labute approximate surface area is 167 Å². The lowest BCUT2D eigenvalue weighted by Gasteiger charge is -2.32. The molecular formula is C24H30N2O2. The third kappa shape index (κ3) is 5.22. The van der Waals surface area contributed by atoms with Gasteiger partial charge in [-0.15, -0.1) is 0 Å². The second-order valence-electron chi connectivity index (χ2n) is 8.62. The summed E-state index contributed by atoms with van der Waals surface area (Å²) in [4.78, 5) is 26.9. The smallest absolute Gasteiger partial charge is 0.251 e. The number of carbonyl (C=O) groups is 2. The van der Waals surface area contributed by atoms with Crippen LogP contribution < -0.4 is 5.32 Å². The molecule has 1 heterocycles. The topological polar surface area (TPSA) is 49.4 Å². The van der Waals surface area contributed by atoms with E-state index in [9.17, 15) is 9.59 Å². The number of nitrogens with zero attached hydrogens (tertiary/aromatic N) is 1. The van der Waals surface area contributed by atoms with Crippen molar-refractivity contribution in [3.8, 4) is 0 Å². The molecule has 0 radical (unpaired) electrons. The van der Waals surface area contributed by atoms with E-state index >= 15 is 0 Å². The largest absolute Gasteiger partial charge is 0.349 e. The lowest BCUT2D eigenvalue weighted by molar-refractivity contribution is -0.131. The van der Waals surface area contributed by atoms with Crippen LogP contribution in [0.4, 0.5) is 0 Å². The van der Waals surface area contributed by atoms with Gasteiger partial charge in [0.1, 0.15) is 0 Å². The minimum Gasteiger partial charge on any atom is -0.349 e. The third-order valence-electron chi connectivity index (χ3n) is 5.39. The molecule has 0 bridgehead atoms. The normalized spacial score (nSPS) is 15.3. The van der Waals surface area contributed by atoms with Crippen LogP contribution in [0.15, 0.2) is 54.6 Å². The molecule has 0 aromatic heterocycles. The van der Waals surface area contributed by atoms with Crippen molar-refractivity contribution in [1.29, 1.82) is 0 Å². The summed E-state index contributed by atoms with van der Waals surface area (Å²) in [6.07, 6.45) is 2.04. The van der Waals surface area contributed by atoms with Crippen molar-refractivity contribution in [3.05, 3.63) is 71.3 Å². The highest BCUT2D eigenvalue weighted by molar-refractivity contribution is 5.94. The molecule has 28 heavy (non-hydrogen) atoms. The Kier molecular flexibility index (Phi) is 6.18. The fraction of sp³-hybridized carbons (Fsp3) is 0.417. The second-order valence-corrected chi connectivity index (χ2v) is 8.62. The summed E-state index contributed by atoms with van der Waals surface area (Å²) in [5.74, 6) is 0.128. The van der Waals surface area contributed by atoms with Crippen LogP contribution in [0, 0.1) is 0 Å². The minimum atomic E-state index is -0.0329. The molecule has 0 atom stereocenters. The van der Waals surface area contributed by atoms with E-state index in [1.54, 1.807) is 0 Å². The van der Waals surface area contributed by atoms with Crippen LogP contribution >= 0.6 is 0 Å². The summed E-state index contributed by atoms with van der Waals surface area (Å²) in [5, 5.41) is 3.13. The first kappa shape index (κ1) is 20.1. The van der Waals surface area contributed by atoms with Crippen molar-refractivity contribution < 1.29 is 9.59 Å². The molecule has 1 saturated heterocycles. The molecule has 1 fully saturated rings.